The molecule has 0 heterocycles. The molecule has 0 bridgehead atoms. The molecule has 1 aliphatic rings. The lowest BCUT2D eigenvalue weighted by atomic mass is 10.2. The van der Waals surface area contributed by atoms with Gasteiger partial charge in [-0.3, -0.25) is 0 Å². The molecule has 0 aliphatic heterocycles. The Labute approximate surface area is 97.8 Å². The molecule has 1 aliphatic carbocycles. The summed E-state index contributed by atoms with van der Waals surface area (Å²) in [5, 5.41) is 3.27. The van der Waals surface area contributed by atoms with E-state index in [0.717, 1.165) is 18.0 Å². The maximum Gasteiger partial charge on any atom is 0.573 e. The van der Waals surface area contributed by atoms with Gasteiger partial charge in [-0.25, -0.2) is 0 Å². The van der Waals surface area contributed by atoms with Crippen molar-refractivity contribution in [2.75, 3.05) is 6.54 Å². The first-order valence-corrected chi connectivity index (χ1v) is 5.58. The second-order valence-electron chi connectivity index (χ2n) is 4.27. The molecule has 17 heavy (non-hydrogen) atoms. The van der Waals surface area contributed by atoms with Crippen molar-refractivity contribution >= 4 is 0 Å². The van der Waals surface area contributed by atoms with Gasteiger partial charge in [-0.1, -0.05) is 12.1 Å². The zero-order chi connectivity index (χ0) is 12.3. The second-order valence-corrected chi connectivity index (χ2v) is 4.27. The Kier molecular flexibility index (Phi) is 3.57. The van der Waals surface area contributed by atoms with Gasteiger partial charge in [-0.05, 0) is 43.0 Å². The van der Waals surface area contributed by atoms with Crippen LogP contribution < -0.4 is 10.1 Å². The Morgan fingerprint density at radius 3 is 2.35 bits per heavy atom. The Morgan fingerprint density at radius 2 is 1.82 bits per heavy atom. The molecule has 1 fully saturated rings. The van der Waals surface area contributed by atoms with Crippen LogP contribution in [0, 0.1) is 5.92 Å². The van der Waals surface area contributed by atoms with Crippen LogP contribution >= 0.6 is 0 Å². The van der Waals surface area contributed by atoms with Crippen molar-refractivity contribution in [2.24, 2.45) is 5.92 Å². The first-order valence-electron chi connectivity index (χ1n) is 5.58. The van der Waals surface area contributed by atoms with Crippen molar-refractivity contribution in [3.63, 3.8) is 0 Å². The van der Waals surface area contributed by atoms with E-state index in [0.29, 0.717) is 6.54 Å². The highest BCUT2D eigenvalue weighted by molar-refractivity contribution is 5.27. The molecule has 0 unspecified atom stereocenters. The highest BCUT2D eigenvalue weighted by Gasteiger charge is 2.30. The van der Waals surface area contributed by atoms with Crippen LogP contribution in [-0.4, -0.2) is 12.9 Å². The first kappa shape index (κ1) is 12.2. The maximum absolute atomic E-state index is 11.9. The first-order chi connectivity index (χ1) is 8.03. The Hall–Kier alpha value is -1.23. The summed E-state index contributed by atoms with van der Waals surface area (Å²) in [5.74, 6) is 0.617. The smallest absolute Gasteiger partial charge is 0.406 e. The fourth-order valence-corrected chi connectivity index (χ4v) is 1.55. The molecule has 1 N–H and O–H groups in total. The van der Waals surface area contributed by atoms with E-state index in [1.165, 1.54) is 25.0 Å². The quantitative estimate of drug-likeness (QED) is 0.860. The normalized spacial score (nSPS) is 15.9. The van der Waals surface area contributed by atoms with Gasteiger partial charge in [0.15, 0.2) is 0 Å². The molecule has 2 rings (SSSR count). The molecule has 0 aromatic heterocycles. The number of alkyl halides is 3. The van der Waals surface area contributed by atoms with Gasteiger partial charge in [0.2, 0.25) is 0 Å². The van der Waals surface area contributed by atoms with Crippen LogP contribution in [0.3, 0.4) is 0 Å². The fourth-order valence-electron chi connectivity index (χ4n) is 1.55. The van der Waals surface area contributed by atoms with Gasteiger partial charge in [0.1, 0.15) is 5.75 Å². The minimum absolute atomic E-state index is 0.177. The highest BCUT2D eigenvalue weighted by Crippen LogP contribution is 2.27. The van der Waals surface area contributed by atoms with Crippen molar-refractivity contribution in [2.45, 2.75) is 25.7 Å². The highest BCUT2D eigenvalue weighted by atomic mass is 19.4. The predicted octanol–water partition coefficient (Wildman–Crippen LogP) is 3.08. The summed E-state index contributed by atoms with van der Waals surface area (Å²) in [6.45, 7) is 1.67. The number of nitrogens with one attached hydrogen (secondary N) is 1. The van der Waals surface area contributed by atoms with Crippen LogP contribution in [0.1, 0.15) is 18.4 Å². The minimum Gasteiger partial charge on any atom is -0.406 e. The number of rotatable bonds is 5. The SMILES string of the molecule is FC(F)(F)Oc1ccc(CNCC2CC2)cc1. The lowest BCUT2D eigenvalue weighted by molar-refractivity contribution is -0.274. The predicted molar refractivity (Wildman–Crippen MR) is 57.6 cm³/mol. The topological polar surface area (TPSA) is 21.3 Å². The third kappa shape index (κ3) is 4.65. The zero-order valence-electron chi connectivity index (χ0n) is 9.26. The van der Waals surface area contributed by atoms with Gasteiger partial charge in [0.25, 0.3) is 0 Å². The zero-order valence-corrected chi connectivity index (χ0v) is 9.26. The molecule has 0 amide bonds. The van der Waals surface area contributed by atoms with Crippen molar-refractivity contribution in [1.82, 2.24) is 5.32 Å². The number of benzene rings is 1. The number of ether oxygens (including phenoxy) is 1. The molecule has 0 radical (unpaired) electrons. The van der Waals surface area contributed by atoms with E-state index in [-0.39, 0.29) is 5.75 Å². The lowest BCUT2D eigenvalue weighted by Crippen LogP contribution is -2.17. The van der Waals surface area contributed by atoms with Crippen LogP contribution in [0.4, 0.5) is 13.2 Å². The molecule has 5 heteroatoms. The molecule has 0 spiro atoms. The monoisotopic (exact) mass is 245 g/mol. The van der Waals surface area contributed by atoms with Crippen LogP contribution in [0.25, 0.3) is 0 Å². The van der Waals surface area contributed by atoms with Gasteiger partial charge in [0.05, 0.1) is 0 Å². The summed E-state index contributed by atoms with van der Waals surface area (Å²) in [6, 6.07) is 5.95. The number of hydrogen-bond acceptors (Lipinski definition) is 2. The van der Waals surface area contributed by atoms with Crippen molar-refractivity contribution in [3.05, 3.63) is 29.8 Å². The molecule has 94 valence electrons. The molecular weight excluding hydrogens is 231 g/mol. The largest absolute Gasteiger partial charge is 0.573 e. The summed E-state index contributed by atoms with van der Waals surface area (Å²) in [6.07, 6.45) is -2.05. The van der Waals surface area contributed by atoms with E-state index in [2.05, 4.69) is 10.1 Å². The third-order valence-corrected chi connectivity index (χ3v) is 2.62. The van der Waals surface area contributed by atoms with Crippen molar-refractivity contribution in [1.29, 1.82) is 0 Å². The molecule has 1 aromatic rings. The minimum atomic E-state index is -4.62. The van der Waals surface area contributed by atoms with Crippen LogP contribution in [0.5, 0.6) is 5.75 Å². The summed E-state index contributed by atoms with van der Waals surface area (Å²) >= 11 is 0. The fraction of sp³-hybridized carbons (Fsp3) is 0.500. The summed E-state index contributed by atoms with van der Waals surface area (Å²) < 4.78 is 39.5. The standard InChI is InChI=1S/C12H14F3NO/c13-12(14,15)17-11-5-3-10(4-6-11)8-16-7-9-1-2-9/h3-6,9,16H,1-2,7-8H2. The molecule has 1 saturated carbocycles. The van der Waals surface area contributed by atoms with E-state index in [1.54, 1.807) is 12.1 Å². The number of hydrogen-bond donors (Lipinski definition) is 1. The van der Waals surface area contributed by atoms with Crippen molar-refractivity contribution < 1.29 is 17.9 Å². The molecule has 2 nitrogen and oxygen atoms in total. The summed E-state index contributed by atoms with van der Waals surface area (Å²) in [5.41, 5.74) is 0.958. The van der Waals surface area contributed by atoms with E-state index >= 15 is 0 Å². The Bertz CT molecular complexity index is 357. The average molecular weight is 245 g/mol. The van der Waals surface area contributed by atoms with Gasteiger partial charge in [-0.2, -0.15) is 0 Å². The van der Waals surface area contributed by atoms with Gasteiger partial charge in [0, 0.05) is 6.54 Å². The van der Waals surface area contributed by atoms with Crippen LogP contribution in [0.2, 0.25) is 0 Å². The Balaban J connectivity index is 1.79. The molecule has 0 atom stereocenters. The Morgan fingerprint density at radius 1 is 1.18 bits per heavy atom. The summed E-state index contributed by atoms with van der Waals surface area (Å²) in [4.78, 5) is 0. The maximum atomic E-state index is 11.9. The third-order valence-electron chi connectivity index (χ3n) is 2.62. The molecular formula is C12H14F3NO. The van der Waals surface area contributed by atoms with Crippen molar-refractivity contribution in [3.8, 4) is 5.75 Å². The van der Waals surface area contributed by atoms with E-state index in [4.69, 9.17) is 0 Å². The van der Waals surface area contributed by atoms with Gasteiger partial charge >= 0.3 is 6.36 Å². The van der Waals surface area contributed by atoms with Gasteiger partial charge < -0.3 is 10.1 Å². The second kappa shape index (κ2) is 4.96. The van der Waals surface area contributed by atoms with Crippen LogP contribution in [-0.2, 0) is 6.54 Å². The molecule has 0 saturated heterocycles. The summed E-state index contributed by atoms with van der Waals surface area (Å²) in [7, 11) is 0. The van der Waals surface area contributed by atoms with E-state index < -0.39 is 6.36 Å². The average Bonchev–Trinajstić information content (AvgIpc) is 3.02. The van der Waals surface area contributed by atoms with E-state index in [1.807, 2.05) is 0 Å². The lowest BCUT2D eigenvalue weighted by Gasteiger charge is -2.09. The van der Waals surface area contributed by atoms with E-state index in [9.17, 15) is 13.2 Å². The number of halogens is 3. The van der Waals surface area contributed by atoms with Crippen LogP contribution in [0.15, 0.2) is 24.3 Å². The van der Waals surface area contributed by atoms with Gasteiger partial charge in [-0.15, -0.1) is 13.2 Å². The molecule has 1 aromatic carbocycles.